The van der Waals surface area contributed by atoms with E-state index in [1.807, 2.05) is 18.2 Å². The van der Waals surface area contributed by atoms with Crippen LogP contribution >= 0.6 is 0 Å². The van der Waals surface area contributed by atoms with Crippen molar-refractivity contribution in [1.29, 1.82) is 0 Å². The molecule has 0 saturated heterocycles. The molecule has 0 atom stereocenters. The van der Waals surface area contributed by atoms with Crippen molar-refractivity contribution < 1.29 is 43.1 Å². The average Bonchev–Trinajstić information content (AvgIpc) is 3.00. The van der Waals surface area contributed by atoms with Gasteiger partial charge in [0, 0.05) is 6.07 Å². The van der Waals surface area contributed by atoms with Crippen LogP contribution in [0.1, 0.15) is 55.7 Å². The van der Waals surface area contributed by atoms with Crippen molar-refractivity contribution in [2.45, 2.75) is 58.3 Å². The molecule has 0 aliphatic carbocycles. The van der Waals surface area contributed by atoms with Gasteiger partial charge in [0.15, 0.2) is 0 Å². The van der Waals surface area contributed by atoms with Gasteiger partial charge >= 0.3 is 11.9 Å². The fourth-order valence-electron chi connectivity index (χ4n) is 4.10. The van der Waals surface area contributed by atoms with Crippen molar-refractivity contribution in [1.82, 2.24) is 0 Å². The number of hydrogen-bond donors (Lipinski definition) is 2. The van der Waals surface area contributed by atoms with E-state index >= 15 is 0 Å². The number of aliphatic hydroxyl groups is 2. The number of aliphatic hydroxyl groups excluding tert-OH is 2. The number of benzene rings is 2. The van der Waals surface area contributed by atoms with E-state index in [0.717, 1.165) is 30.4 Å². The van der Waals surface area contributed by atoms with Crippen LogP contribution in [-0.2, 0) is 38.3 Å². The smallest absolute Gasteiger partial charge is 0.335 e. The number of rotatable bonds is 21. The molecule has 0 aliphatic heterocycles. The number of hydrogen-bond acceptors (Lipinski definition) is 8. The van der Waals surface area contributed by atoms with E-state index in [1.54, 1.807) is 12.1 Å². The second-order valence-corrected chi connectivity index (χ2v) is 9.84. The Balaban J connectivity index is 1.95. The van der Waals surface area contributed by atoms with Crippen molar-refractivity contribution in [2.75, 3.05) is 39.6 Å². The van der Waals surface area contributed by atoms with Crippen molar-refractivity contribution in [3.63, 3.8) is 0 Å². The number of halogens is 1. The largest absolute Gasteiger partial charge is 0.490 e. The van der Waals surface area contributed by atoms with Gasteiger partial charge in [-0.3, -0.25) is 0 Å². The maximum absolute atomic E-state index is 14.9. The van der Waals surface area contributed by atoms with Gasteiger partial charge in [-0.05, 0) is 60.6 Å². The summed E-state index contributed by atoms with van der Waals surface area (Å²) in [6.45, 7) is 8.27. The standard InChI is InChI=1S/C33H43FO8/c1-4-5-6-7-8-9-28-20-29(39-16-18-41-32(37)24(2)22-35)14-12-26(28)10-11-27-13-15-30(21-31(27)34)40-17-19-42-33(38)25(3)23-36/h12-15,20-21,35-36H,2-11,16-19,22-23H2,1H3. The molecule has 2 N–H and O–H groups in total. The molecule has 0 radical (unpaired) electrons. The molecule has 9 heteroatoms. The lowest BCUT2D eigenvalue weighted by atomic mass is 9.95. The highest BCUT2D eigenvalue weighted by Gasteiger charge is 2.11. The first-order chi connectivity index (χ1) is 20.3. The molecule has 0 amide bonds. The van der Waals surface area contributed by atoms with Gasteiger partial charge in [0.2, 0.25) is 0 Å². The van der Waals surface area contributed by atoms with Gasteiger partial charge < -0.3 is 29.2 Å². The zero-order valence-corrected chi connectivity index (χ0v) is 24.5. The van der Waals surface area contributed by atoms with Gasteiger partial charge in [-0.2, -0.15) is 0 Å². The summed E-state index contributed by atoms with van der Waals surface area (Å²) in [6, 6.07) is 10.6. The Hall–Kier alpha value is -3.69. The molecule has 230 valence electrons. The first-order valence-corrected chi connectivity index (χ1v) is 14.4. The number of carbonyl (C=O) groups is 2. The molecule has 0 spiro atoms. The molecule has 8 nitrogen and oxygen atoms in total. The molecule has 2 aromatic carbocycles. The van der Waals surface area contributed by atoms with Crippen molar-refractivity contribution in [3.8, 4) is 11.5 Å². The molecule has 0 unspecified atom stereocenters. The summed E-state index contributed by atoms with van der Waals surface area (Å²) in [5.74, 6) is -0.735. The lowest BCUT2D eigenvalue weighted by Crippen LogP contribution is -2.15. The SMILES string of the molecule is C=C(CO)C(=O)OCCOc1ccc(CCc2ccc(OCCOC(=O)C(=C)CO)cc2CCCCCCC)c(F)c1. The van der Waals surface area contributed by atoms with E-state index in [-0.39, 0.29) is 43.4 Å². The van der Waals surface area contributed by atoms with Gasteiger partial charge in [-0.1, -0.05) is 57.9 Å². The van der Waals surface area contributed by atoms with Gasteiger partial charge in [0.1, 0.15) is 43.7 Å². The third-order valence-electron chi connectivity index (χ3n) is 6.55. The summed E-state index contributed by atoms with van der Waals surface area (Å²) in [6.07, 6.45) is 7.78. The fourth-order valence-corrected chi connectivity index (χ4v) is 4.10. The van der Waals surface area contributed by atoms with Crippen molar-refractivity contribution >= 4 is 11.9 Å². The van der Waals surface area contributed by atoms with Crippen LogP contribution in [-0.4, -0.2) is 61.8 Å². The van der Waals surface area contributed by atoms with Gasteiger partial charge in [0.25, 0.3) is 0 Å². The second-order valence-electron chi connectivity index (χ2n) is 9.84. The zero-order chi connectivity index (χ0) is 30.7. The number of ether oxygens (including phenoxy) is 4. The normalized spacial score (nSPS) is 10.7. The molecule has 0 saturated carbocycles. The third kappa shape index (κ3) is 12.4. The molecule has 2 aromatic rings. The van der Waals surface area contributed by atoms with Crippen LogP contribution in [0.3, 0.4) is 0 Å². The highest BCUT2D eigenvalue weighted by molar-refractivity contribution is 5.88. The Bertz CT molecular complexity index is 1180. The first kappa shape index (κ1) is 34.5. The number of aryl methyl sites for hydroxylation is 3. The molecule has 0 aromatic heterocycles. The average molecular weight is 587 g/mol. The highest BCUT2D eigenvalue weighted by Crippen LogP contribution is 2.24. The lowest BCUT2D eigenvalue weighted by Gasteiger charge is -2.14. The molecule has 0 bridgehead atoms. The maximum atomic E-state index is 14.9. The molecule has 0 fully saturated rings. The van der Waals surface area contributed by atoms with E-state index in [4.69, 9.17) is 29.2 Å². The summed E-state index contributed by atoms with van der Waals surface area (Å²) < 4.78 is 36.1. The molecule has 0 aliphatic rings. The minimum atomic E-state index is -0.700. The van der Waals surface area contributed by atoms with Crippen LogP contribution in [0.4, 0.5) is 4.39 Å². The molecule has 42 heavy (non-hydrogen) atoms. The monoisotopic (exact) mass is 586 g/mol. The first-order valence-electron chi connectivity index (χ1n) is 14.4. The Kier molecular flexibility index (Phi) is 16.0. The van der Waals surface area contributed by atoms with Crippen molar-refractivity contribution in [3.05, 3.63) is 83.2 Å². The predicted octanol–water partition coefficient (Wildman–Crippen LogP) is 5.06. The molecule has 2 rings (SSSR count). The third-order valence-corrected chi connectivity index (χ3v) is 6.55. The highest BCUT2D eigenvalue weighted by atomic mass is 19.1. The predicted molar refractivity (Wildman–Crippen MR) is 158 cm³/mol. The van der Waals surface area contributed by atoms with E-state index in [0.29, 0.717) is 29.9 Å². The van der Waals surface area contributed by atoms with Crippen LogP contribution in [0.15, 0.2) is 60.7 Å². The zero-order valence-electron chi connectivity index (χ0n) is 24.5. The van der Waals surface area contributed by atoms with E-state index in [2.05, 4.69) is 20.1 Å². The van der Waals surface area contributed by atoms with Crippen molar-refractivity contribution in [2.24, 2.45) is 0 Å². The number of unbranched alkanes of at least 4 members (excludes halogenated alkanes) is 4. The summed E-state index contributed by atoms with van der Waals surface area (Å²) >= 11 is 0. The minimum absolute atomic E-state index is 0.00665. The lowest BCUT2D eigenvalue weighted by molar-refractivity contribution is -0.141. The van der Waals surface area contributed by atoms with Gasteiger partial charge in [-0.15, -0.1) is 0 Å². The Morgan fingerprint density at radius 2 is 1.21 bits per heavy atom. The van der Waals surface area contributed by atoms with Crippen LogP contribution in [0, 0.1) is 5.82 Å². The van der Waals surface area contributed by atoms with Gasteiger partial charge in [0.05, 0.1) is 24.4 Å². The Morgan fingerprint density at radius 1 is 0.690 bits per heavy atom. The van der Waals surface area contributed by atoms with E-state index in [9.17, 15) is 14.0 Å². The van der Waals surface area contributed by atoms with Crippen LogP contribution in [0.25, 0.3) is 0 Å². The topological polar surface area (TPSA) is 112 Å². The fraction of sp³-hybridized carbons (Fsp3) is 0.455. The second kappa shape index (κ2) is 19.4. The Labute approximate surface area is 247 Å². The number of carbonyl (C=O) groups excluding carboxylic acids is 2. The molecular formula is C33H43FO8. The molecule has 0 heterocycles. The minimum Gasteiger partial charge on any atom is -0.490 e. The summed E-state index contributed by atoms with van der Waals surface area (Å²) in [5.41, 5.74) is 2.78. The summed E-state index contributed by atoms with van der Waals surface area (Å²) in [4.78, 5) is 23.1. The summed E-state index contributed by atoms with van der Waals surface area (Å²) in [5, 5.41) is 17.8. The van der Waals surface area contributed by atoms with E-state index < -0.39 is 25.2 Å². The van der Waals surface area contributed by atoms with Crippen LogP contribution in [0.2, 0.25) is 0 Å². The number of esters is 2. The van der Waals surface area contributed by atoms with E-state index in [1.165, 1.54) is 25.3 Å². The van der Waals surface area contributed by atoms with Gasteiger partial charge in [-0.25, -0.2) is 14.0 Å². The maximum Gasteiger partial charge on any atom is 0.335 e. The van der Waals surface area contributed by atoms with Crippen LogP contribution in [0.5, 0.6) is 11.5 Å². The van der Waals surface area contributed by atoms with Crippen LogP contribution < -0.4 is 9.47 Å². The Morgan fingerprint density at radius 3 is 1.76 bits per heavy atom. The molecular weight excluding hydrogens is 543 g/mol. The quantitative estimate of drug-likeness (QED) is 0.119. The summed E-state index contributed by atoms with van der Waals surface area (Å²) in [7, 11) is 0.